The summed E-state index contributed by atoms with van der Waals surface area (Å²) in [6.07, 6.45) is 3.90. The SMILES string of the molecule is CSCc1ccccn1.O=[P+](O)O.O=[P+](O)O. The molecule has 96 valence electrons. The molecule has 0 aliphatic carbocycles. The van der Waals surface area contributed by atoms with Crippen LogP contribution in [0.1, 0.15) is 5.69 Å². The Labute approximate surface area is 104 Å². The van der Waals surface area contributed by atoms with Crippen molar-refractivity contribution in [1.82, 2.24) is 4.98 Å². The molecule has 1 aromatic rings. The summed E-state index contributed by atoms with van der Waals surface area (Å²) in [5.74, 6) is 1.01. The Hall–Kier alpha value is -0.460. The minimum Gasteiger partial charge on any atom is -0.260 e. The lowest BCUT2D eigenvalue weighted by Crippen LogP contribution is -1.81. The van der Waals surface area contributed by atoms with Gasteiger partial charge in [0.25, 0.3) is 0 Å². The lowest BCUT2D eigenvalue weighted by molar-refractivity contribution is 0.403. The molecule has 0 bridgehead atoms. The minimum absolute atomic E-state index is 1.01. The molecule has 1 rings (SSSR count). The Balaban J connectivity index is 0. The molecular weight excluding hydrogens is 288 g/mol. The molecule has 17 heavy (non-hydrogen) atoms. The van der Waals surface area contributed by atoms with Gasteiger partial charge in [0.05, 0.1) is 5.69 Å². The predicted octanol–water partition coefficient (Wildman–Crippen LogP) is 1.20. The molecule has 0 saturated carbocycles. The molecule has 0 fully saturated rings. The van der Waals surface area contributed by atoms with Crippen LogP contribution in [0.2, 0.25) is 0 Å². The first-order valence-electron chi connectivity index (χ1n) is 3.99. The zero-order chi connectivity index (χ0) is 13.7. The molecular formula is C7H13NO6P2S+2. The van der Waals surface area contributed by atoms with Crippen LogP contribution >= 0.6 is 28.3 Å². The third-order valence-electron chi connectivity index (χ3n) is 1.02. The fraction of sp³-hybridized carbons (Fsp3) is 0.286. The van der Waals surface area contributed by atoms with Crippen LogP contribution in [0.25, 0.3) is 0 Å². The van der Waals surface area contributed by atoms with E-state index in [2.05, 4.69) is 11.2 Å². The molecule has 0 aliphatic rings. The summed E-state index contributed by atoms with van der Waals surface area (Å²) in [4.78, 5) is 32.6. The highest BCUT2D eigenvalue weighted by Crippen LogP contribution is 2.03. The van der Waals surface area contributed by atoms with Crippen LogP contribution < -0.4 is 0 Å². The van der Waals surface area contributed by atoms with Crippen molar-refractivity contribution in [2.45, 2.75) is 5.75 Å². The average Bonchev–Trinajstić information content (AvgIpc) is 2.18. The molecule has 0 unspecified atom stereocenters. The number of aromatic nitrogens is 1. The molecule has 0 atom stereocenters. The van der Waals surface area contributed by atoms with E-state index < -0.39 is 16.5 Å². The molecule has 0 spiro atoms. The summed E-state index contributed by atoms with van der Waals surface area (Å²) in [7, 11) is -5.74. The Bertz CT molecular complexity index is 305. The van der Waals surface area contributed by atoms with Crippen LogP contribution in [0.5, 0.6) is 0 Å². The summed E-state index contributed by atoms with van der Waals surface area (Å²) < 4.78 is 17.4. The van der Waals surface area contributed by atoms with Crippen molar-refractivity contribution < 1.29 is 28.7 Å². The lowest BCUT2D eigenvalue weighted by Gasteiger charge is -1.92. The normalized spacial score (nSPS) is 8.06. The first-order valence-corrected chi connectivity index (χ1v) is 7.71. The number of pyridine rings is 1. The molecule has 0 saturated heterocycles. The fourth-order valence-corrected chi connectivity index (χ4v) is 1.10. The number of nitrogens with zero attached hydrogens (tertiary/aromatic N) is 1. The van der Waals surface area contributed by atoms with E-state index in [1.807, 2.05) is 24.4 Å². The number of thioether (sulfide) groups is 1. The first kappa shape index (κ1) is 18.9. The molecule has 7 nitrogen and oxygen atoms in total. The van der Waals surface area contributed by atoms with Gasteiger partial charge in [-0.05, 0) is 18.4 Å². The van der Waals surface area contributed by atoms with Crippen molar-refractivity contribution in [1.29, 1.82) is 0 Å². The van der Waals surface area contributed by atoms with Gasteiger partial charge in [0, 0.05) is 21.1 Å². The third kappa shape index (κ3) is 25.6. The molecule has 4 N–H and O–H groups in total. The van der Waals surface area contributed by atoms with E-state index in [-0.39, 0.29) is 0 Å². The van der Waals surface area contributed by atoms with Gasteiger partial charge in [0.2, 0.25) is 0 Å². The van der Waals surface area contributed by atoms with Crippen molar-refractivity contribution in [2.75, 3.05) is 6.26 Å². The van der Waals surface area contributed by atoms with E-state index in [0.29, 0.717) is 0 Å². The van der Waals surface area contributed by atoms with Crippen LogP contribution in [-0.4, -0.2) is 30.8 Å². The molecule has 10 heteroatoms. The second-order valence-electron chi connectivity index (χ2n) is 2.26. The summed E-state index contributed by atoms with van der Waals surface area (Å²) in [5.41, 5.74) is 1.16. The molecule has 0 aliphatic heterocycles. The number of hydrogen-bond donors (Lipinski definition) is 4. The van der Waals surface area contributed by atoms with Gasteiger partial charge in [0.1, 0.15) is 0 Å². The molecule has 0 aromatic carbocycles. The molecule has 0 amide bonds. The highest BCUT2D eigenvalue weighted by atomic mass is 32.2. The Morgan fingerprint density at radius 1 is 1.18 bits per heavy atom. The lowest BCUT2D eigenvalue weighted by atomic mass is 10.4. The van der Waals surface area contributed by atoms with E-state index in [0.717, 1.165) is 11.4 Å². The smallest absolute Gasteiger partial charge is 0.260 e. The maximum Gasteiger partial charge on any atom is 0.692 e. The third-order valence-corrected chi connectivity index (χ3v) is 1.60. The van der Waals surface area contributed by atoms with E-state index in [4.69, 9.17) is 28.7 Å². The van der Waals surface area contributed by atoms with Gasteiger partial charge >= 0.3 is 16.5 Å². The van der Waals surface area contributed by atoms with Crippen molar-refractivity contribution >= 4 is 28.3 Å². The number of hydrogen-bond acceptors (Lipinski definition) is 4. The second-order valence-corrected chi connectivity index (χ2v) is 4.14. The van der Waals surface area contributed by atoms with Gasteiger partial charge in [0.15, 0.2) is 0 Å². The predicted molar refractivity (Wildman–Crippen MR) is 65.5 cm³/mol. The van der Waals surface area contributed by atoms with Crippen LogP contribution in [-0.2, 0) is 14.9 Å². The summed E-state index contributed by atoms with van der Waals surface area (Å²) >= 11 is 1.79. The Morgan fingerprint density at radius 3 is 1.94 bits per heavy atom. The standard InChI is InChI=1S/C7H9NS.2HO3P/c1-9-6-7-4-2-3-5-8-7;2*1-4(2)3/h2-5H,6H2,1H3;2*(H-,1,2,3)/p+2. The molecule has 0 radical (unpaired) electrons. The fourth-order valence-electron chi connectivity index (χ4n) is 0.631. The van der Waals surface area contributed by atoms with Gasteiger partial charge in [-0.15, -0.1) is 19.6 Å². The maximum absolute atomic E-state index is 8.70. The van der Waals surface area contributed by atoms with E-state index in [1.54, 1.807) is 11.8 Å². The minimum atomic E-state index is -2.87. The maximum atomic E-state index is 8.70. The van der Waals surface area contributed by atoms with E-state index >= 15 is 0 Å². The quantitative estimate of drug-likeness (QED) is 0.600. The topological polar surface area (TPSA) is 128 Å². The zero-order valence-electron chi connectivity index (χ0n) is 8.87. The van der Waals surface area contributed by atoms with Crippen LogP contribution in [0.3, 0.4) is 0 Å². The zero-order valence-corrected chi connectivity index (χ0v) is 11.5. The van der Waals surface area contributed by atoms with Crippen molar-refractivity contribution in [3.05, 3.63) is 30.1 Å². The average molecular weight is 301 g/mol. The Kier molecular flexibility index (Phi) is 15.1. The summed E-state index contributed by atoms with van der Waals surface area (Å²) in [5, 5.41) is 0. The largest absolute Gasteiger partial charge is 0.692 e. The molecule has 1 aromatic heterocycles. The summed E-state index contributed by atoms with van der Waals surface area (Å²) in [6, 6.07) is 5.98. The van der Waals surface area contributed by atoms with Crippen molar-refractivity contribution in [2.24, 2.45) is 0 Å². The van der Waals surface area contributed by atoms with Gasteiger partial charge in [-0.3, -0.25) is 4.98 Å². The second kappa shape index (κ2) is 13.6. The van der Waals surface area contributed by atoms with Crippen LogP contribution in [0.4, 0.5) is 0 Å². The van der Waals surface area contributed by atoms with Crippen LogP contribution in [0, 0.1) is 0 Å². The highest BCUT2D eigenvalue weighted by molar-refractivity contribution is 7.97. The van der Waals surface area contributed by atoms with Crippen molar-refractivity contribution in [3.8, 4) is 0 Å². The highest BCUT2D eigenvalue weighted by Gasteiger charge is 1.93. The monoisotopic (exact) mass is 301 g/mol. The van der Waals surface area contributed by atoms with Gasteiger partial charge in [-0.25, -0.2) is 0 Å². The van der Waals surface area contributed by atoms with Crippen LogP contribution in [0.15, 0.2) is 24.4 Å². The van der Waals surface area contributed by atoms with E-state index in [9.17, 15) is 0 Å². The van der Waals surface area contributed by atoms with E-state index in [1.165, 1.54) is 0 Å². The summed E-state index contributed by atoms with van der Waals surface area (Å²) in [6.45, 7) is 0. The first-order chi connectivity index (χ1) is 7.90. The van der Waals surface area contributed by atoms with Gasteiger partial charge < -0.3 is 0 Å². The van der Waals surface area contributed by atoms with Gasteiger partial charge in [-0.2, -0.15) is 11.8 Å². The van der Waals surface area contributed by atoms with Crippen molar-refractivity contribution in [3.63, 3.8) is 0 Å². The van der Waals surface area contributed by atoms with Gasteiger partial charge in [-0.1, -0.05) is 6.07 Å². The number of rotatable bonds is 2. The molecule has 1 heterocycles. The Morgan fingerprint density at radius 2 is 1.65 bits per heavy atom.